The van der Waals surface area contributed by atoms with Gasteiger partial charge < -0.3 is 10.0 Å². The lowest BCUT2D eigenvalue weighted by atomic mass is 10.1. The van der Waals surface area contributed by atoms with E-state index in [1.165, 1.54) is 19.1 Å². The lowest BCUT2D eigenvalue weighted by molar-refractivity contribution is 0.0696. The van der Waals surface area contributed by atoms with E-state index < -0.39 is 5.97 Å². The van der Waals surface area contributed by atoms with Crippen LogP contribution >= 0.6 is 0 Å². The summed E-state index contributed by atoms with van der Waals surface area (Å²) in [7, 11) is 3.70. The first kappa shape index (κ1) is 26.5. The van der Waals surface area contributed by atoms with Crippen molar-refractivity contribution in [3.05, 3.63) is 47.5 Å². The number of Topliss-reactive ketones (excluding diaryl/α,β-unsaturated/α-hetero) is 1. The number of benzene rings is 1. The summed E-state index contributed by atoms with van der Waals surface area (Å²) >= 11 is 0. The number of aromatic nitrogens is 1. The van der Waals surface area contributed by atoms with Crippen LogP contribution in [0.15, 0.2) is 36.4 Å². The molecule has 1 heterocycles. The van der Waals surface area contributed by atoms with Crippen molar-refractivity contribution in [2.75, 3.05) is 19.0 Å². The zero-order valence-electron chi connectivity index (χ0n) is 18.1. The van der Waals surface area contributed by atoms with Crippen molar-refractivity contribution < 1.29 is 14.7 Å². The van der Waals surface area contributed by atoms with E-state index in [0.717, 1.165) is 5.56 Å². The smallest absolute Gasteiger partial charge is 0.335 e. The zero-order chi connectivity index (χ0) is 21.6. The second kappa shape index (κ2) is 14.5. The minimum absolute atomic E-state index is 0.0380. The van der Waals surface area contributed by atoms with Gasteiger partial charge in [-0.25, -0.2) is 9.78 Å². The monoisotopic (exact) mass is 374 g/mol. The van der Waals surface area contributed by atoms with E-state index in [4.69, 9.17) is 5.11 Å². The van der Waals surface area contributed by atoms with Crippen LogP contribution in [0.1, 0.15) is 69.2 Å². The fourth-order valence-electron chi connectivity index (χ4n) is 1.88. The zero-order valence-corrected chi connectivity index (χ0v) is 18.1. The maximum absolute atomic E-state index is 11.6. The number of carbonyl (C=O) groups is 2. The third kappa shape index (κ3) is 8.49. The van der Waals surface area contributed by atoms with E-state index in [1.807, 2.05) is 60.5 Å². The molecule has 0 saturated heterocycles. The highest BCUT2D eigenvalue weighted by Gasteiger charge is 2.10. The van der Waals surface area contributed by atoms with Gasteiger partial charge in [0.05, 0.1) is 11.3 Å². The highest BCUT2D eigenvalue weighted by atomic mass is 16.4. The Hall–Kier alpha value is -2.69. The molecule has 5 nitrogen and oxygen atoms in total. The maximum atomic E-state index is 11.6. The average Bonchev–Trinajstić information content (AvgIpc) is 2.72. The molecule has 0 amide bonds. The first-order chi connectivity index (χ1) is 12.9. The van der Waals surface area contributed by atoms with Crippen LogP contribution in [0, 0.1) is 0 Å². The van der Waals surface area contributed by atoms with Gasteiger partial charge in [-0.15, -0.1) is 0 Å². The second-order valence-corrected chi connectivity index (χ2v) is 4.93. The van der Waals surface area contributed by atoms with E-state index in [2.05, 4.69) is 4.98 Å². The minimum atomic E-state index is -0.971. The first-order valence-corrected chi connectivity index (χ1v) is 9.42. The standard InChI is InChI=1S/C16H16N2O3.3C2H6/c1-10(19)13-8-14(17-15(9-13)18(2)3)11-4-6-12(7-5-11)16(20)21;3*1-2/h4-9H,1-3H3,(H,20,21);3*1-2H3. The van der Waals surface area contributed by atoms with Gasteiger partial charge in [0.15, 0.2) is 5.78 Å². The molecule has 2 aromatic rings. The van der Waals surface area contributed by atoms with Crippen molar-refractivity contribution in [2.24, 2.45) is 0 Å². The van der Waals surface area contributed by atoms with Gasteiger partial charge in [0.2, 0.25) is 0 Å². The normalized spacial score (nSPS) is 8.63. The quantitative estimate of drug-likeness (QED) is 0.685. The molecule has 0 radical (unpaired) electrons. The molecule has 5 heteroatoms. The number of anilines is 1. The molecule has 27 heavy (non-hydrogen) atoms. The number of carboxylic acid groups (broad SMARTS) is 1. The molecule has 0 aliphatic heterocycles. The Bertz CT molecular complexity index is 693. The van der Waals surface area contributed by atoms with Gasteiger partial charge in [0, 0.05) is 25.2 Å². The molecule has 0 aliphatic rings. The first-order valence-electron chi connectivity index (χ1n) is 9.42. The van der Waals surface area contributed by atoms with Crippen LogP contribution < -0.4 is 4.90 Å². The van der Waals surface area contributed by atoms with Gasteiger partial charge in [0.25, 0.3) is 0 Å². The fourth-order valence-corrected chi connectivity index (χ4v) is 1.88. The second-order valence-electron chi connectivity index (χ2n) is 4.93. The van der Waals surface area contributed by atoms with Crippen molar-refractivity contribution >= 4 is 17.6 Å². The summed E-state index contributed by atoms with van der Waals surface area (Å²) in [5.41, 5.74) is 2.20. The summed E-state index contributed by atoms with van der Waals surface area (Å²) in [6, 6.07) is 9.87. The highest BCUT2D eigenvalue weighted by Crippen LogP contribution is 2.23. The van der Waals surface area contributed by atoms with Gasteiger partial charge in [-0.1, -0.05) is 53.7 Å². The SMILES string of the molecule is CC.CC.CC.CC(=O)c1cc(-c2ccc(C(=O)O)cc2)nc(N(C)C)c1. The van der Waals surface area contributed by atoms with Gasteiger partial charge in [-0.05, 0) is 31.2 Å². The molecule has 0 unspecified atom stereocenters. The number of hydrogen-bond donors (Lipinski definition) is 1. The fraction of sp³-hybridized carbons (Fsp3) is 0.409. The Morgan fingerprint density at radius 1 is 0.852 bits per heavy atom. The largest absolute Gasteiger partial charge is 0.478 e. The van der Waals surface area contributed by atoms with Crippen molar-refractivity contribution in [1.82, 2.24) is 4.98 Å². The molecule has 1 aromatic carbocycles. The number of hydrogen-bond acceptors (Lipinski definition) is 4. The van der Waals surface area contributed by atoms with Gasteiger partial charge in [0.1, 0.15) is 5.82 Å². The van der Waals surface area contributed by atoms with Crippen LogP contribution in [-0.2, 0) is 0 Å². The summed E-state index contributed by atoms with van der Waals surface area (Å²) < 4.78 is 0. The summed E-state index contributed by atoms with van der Waals surface area (Å²) in [5.74, 6) is -0.329. The Morgan fingerprint density at radius 2 is 1.33 bits per heavy atom. The molecule has 0 bridgehead atoms. The number of rotatable bonds is 4. The highest BCUT2D eigenvalue weighted by molar-refractivity contribution is 5.96. The summed E-state index contributed by atoms with van der Waals surface area (Å²) in [4.78, 5) is 28.8. The van der Waals surface area contributed by atoms with Crippen LogP contribution in [0.4, 0.5) is 5.82 Å². The van der Waals surface area contributed by atoms with Crippen molar-refractivity contribution in [2.45, 2.75) is 48.5 Å². The Balaban J connectivity index is 0. The number of pyridine rings is 1. The molecule has 0 atom stereocenters. The minimum Gasteiger partial charge on any atom is -0.478 e. The molecule has 2 rings (SSSR count). The van der Waals surface area contributed by atoms with Crippen molar-refractivity contribution in [3.63, 3.8) is 0 Å². The predicted octanol–water partition coefficient (Wildman–Crippen LogP) is 5.79. The third-order valence-corrected chi connectivity index (χ3v) is 3.10. The van der Waals surface area contributed by atoms with E-state index in [9.17, 15) is 9.59 Å². The molecular formula is C22H34N2O3. The molecule has 0 fully saturated rings. The molecule has 0 saturated carbocycles. The number of carbonyl (C=O) groups excluding carboxylic acids is 1. The molecule has 150 valence electrons. The van der Waals surface area contributed by atoms with Crippen molar-refractivity contribution in [3.8, 4) is 11.3 Å². The summed E-state index contributed by atoms with van der Waals surface area (Å²) in [6.45, 7) is 13.5. The van der Waals surface area contributed by atoms with Crippen LogP contribution in [0.25, 0.3) is 11.3 Å². The Labute approximate surface area is 164 Å². The molecule has 1 N–H and O–H groups in total. The number of carboxylic acids is 1. The van der Waals surface area contributed by atoms with E-state index >= 15 is 0 Å². The maximum Gasteiger partial charge on any atom is 0.335 e. The van der Waals surface area contributed by atoms with Crippen LogP contribution in [0.5, 0.6) is 0 Å². The topological polar surface area (TPSA) is 70.5 Å². The van der Waals surface area contributed by atoms with Crippen LogP contribution in [-0.4, -0.2) is 35.9 Å². The lowest BCUT2D eigenvalue weighted by Gasteiger charge is -2.14. The van der Waals surface area contributed by atoms with Crippen molar-refractivity contribution in [1.29, 1.82) is 0 Å². The predicted molar refractivity (Wildman–Crippen MR) is 115 cm³/mol. The van der Waals surface area contributed by atoms with E-state index in [1.54, 1.807) is 24.3 Å². The molecule has 1 aromatic heterocycles. The Kier molecular flexibility index (Phi) is 14.2. The number of aromatic carboxylic acids is 1. The number of nitrogens with zero attached hydrogens (tertiary/aromatic N) is 2. The molecule has 0 aliphatic carbocycles. The van der Waals surface area contributed by atoms with Gasteiger partial charge in [-0.3, -0.25) is 4.79 Å². The average molecular weight is 375 g/mol. The van der Waals surface area contributed by atoms with E-state index in [-0.39, 0.29) is 11.3 Å². The molecule has 0 spiro atoms. The summed E-state index contributed by atoms with van der Waals surface area (Å²) in [5, 5.41) is 8.91. The summed E-state index contributed by atoms with van der Waals surface area (Å²) in [6.07, 6.45) is 0. The van der Waals surface area contributed by atoms with Crippen LogP contribution in [0.2, 0.25) is 0 Å². The van der Waals surface area contributed by atoms with Gasteiger partial charge >= 0.3 is 5.97 Å². The lowest BCUT2D eigenvalue weighted by Crippen LogP contribution is -2.12. The number of ketones is 1. The van der Waals surface area contributed by atoms with E-state index in [0.29, 0.717) is 17.1 Å². The van der Waals surface area contributed by atoms with Gasteiger partial charge in [-0.2, -0.15) is 0 Å². The Morgan fingerprint density at radius 3 is 1.70 bits per heavy atom. The molecular weight excluding hydrogens is 340 g/mol. The van der Waals surface area contributed by atoms with Crippen LogP contribution in [0.3, 0.4) is 0 Å². The third-order valence-electron chi connectivity index (χ3n) is 3.10.